The van der Waals surface area contributed by atoms with Crippen LogP contribution in [0.2, 0.25) is 5.02 Å². The second-order valence-corrected chi connectivity index (χ2v) is 4.79. The van der Waals surface area contributed by atoms with Crippen LogP contribution in [0.15, 0.2) is 18.2 Å². The quantitative estimate of drug-likeness (QED) is 0.878. The van der Waals surface area contributed by atoms with E-state index in [-0.39, 0.29) is 17.8 Å². The maximum atomic E-state index is 13.7. The molecule has 1 rings (SSSR count). The van der Waals surface area contributed by atoms with E-state index < -0.39 is 6.04 Å². The molecule has 0 radical (unpaired) electrons. The fraction of sp³-hybridized carbons (Fsp3) is 0.538. The molecule has 96 valence electrons. The highest BCUT2D eigenvalue weighted by Gasteiger charge is 2.25. The molecule has 17 heavy (non-hydrogen) atoms. The highest BCUT2D eigenvalue weighted by Crippen LogP contribution is 2.26. The minimum atomic E-state index is -0.479. The lowest BCUT2D eigenvalue weighted by atomic mass is 9.94. The molecule has 0 aromatic heterocycles. The molecular weight excluding hydrogens is 241 g/mol. The van der Waals surface area contributed by atoms with E-state index in [2.05, 4.69) is 0 Å². The van der Waals surface area contributed by atoms with E-state index in [4.69, 9.17) is 22.1 Å². The van der Waals surface area contributed by atoms with Crippen LogP contribution in [0.25, 0.3) is 0 Å². The van der Waals surface area contributed by atoms with E-state index in [0.29, 0.717) is 17.2 Å². The van der Waals surface area contributed by atoms with Crippen molar-refractivity contribution in [3.05, 3.63) is 34.6 Å². The van der Waals surface area contributed by atoms with Crippen molar-refractivity contribution in [2.24, 2.45) is 11.7 Å². The van der Waals surface area contributed by atoms with Gasteiger partial charge >= 0.3 is 0 Å². The summed E-state index contributed by atoms with van der Waals surface area (Å²) >= 11 is 5.71. The first kappa shape index (κ1) is 14.4. The molecule has 0 saturated carbocycles. The monoisotopic (exact) mass is 259 g/mol. The zero-order valence-electron chi connectivity index (χ0n) is 10.4. The molecule has 2 atom stereocenters. The Balaban J connectivity index is 2.96. The molecule has 0 amide bonds. The van der Waals surface area contributed by atoms with Crippen molar-refractivity contribution in [1.29, 1.82) is 0 Å². The van der Waals surface area contributed by atoms with Crippen LogP contribution in [0.4, 0.5) is 4.39 Å². The van der Waals surface area contributed by atoms with Crippen molar-refractivity contribution in [2.75, 3.05) is 6.61 Å². The van der Waals surface area contributed by atoms with Gasteiger partial charge in [-0.2, -0.15) is 0 Å². The van der Waals surface area contributed by atoms with Gasteiger partial charge in [0, 0.05) is 17.2 Å². The van der Waals surface area contributed by atoms with Gasteiger partial charge < -0.3 is 10.5 Å². The minimum absolute atomic E-state index is 0.198. The number of hydrogen-bond acceptors (Lipinski definition) is 2. The van der Waals surface area contributed by atoms with Crippen LogP contribution < -0.4 is 5.73 Å². The number of ether oxygens (including phenoxy) is 1. The third kappa shape index (κ3) is 3.66. The molecule has 1 aromatic carbocycles. The summed E-state index contributed by atoms with van der Waals surface area (Å²) in [6, 6.07) is 4.06. The van der Waals surface area contributed by atoms with Crippen molar-refractivity contribution < 1.29 is 9.13 Å². The molecule has 0 bridgehead atoms. The van der Waals surface area contributed by atoms with Crippen molar-refractivity contribution in [3.63, 3.8) is 0 Å². The van der Waals surface area contributed by atoms with E-state index in [1.807, 2.05) is 20.8 Å². The summed E-state index contributed by atoms with van der Waals surface area (Å²) in [6.45, 7) is 6.48. The second-order valence-electron chi connectivity index (χ2n) is 4.36. The topological polar surface area (TPSA) is 35.2 Å². The Kier molecular flexibility index (Phi) is 5.37. The summed E-state index contributed by atoms with van der Waals surface area (Å²) in [4.78, 5) is 0. The van der Waals surface area contributed by atoms with Crippen molar-refractivity contribution in [2.45, 2.75) is 32.9 Å². The molecule has 0 spiro atoms. The van der Waals surface area contributed by atoms with Gasteiger partial charge in [0.2, 0.25) is 0 Å². The molecule has 2 nitrogen and oxygen atoms in total. The van der Waals surface area contributed by atoms with Gasteiger partial charge in [-0.05, 0) is 25.0 Å². The Morgan fingerprint density at radius 2 is 2.06 bits per heavy atom. The summed E-state index contributed by atoms with van der Waals surface area (Å²) < 4.78 is 19.3. The molecule has 2 N–H and O–H groups in total. The van der Waals surface area contributed by atoms with Gasteiger partial charge in [0.15, 0.2) is 0 Å². The van der Waals surface area contributed by atoms with Gasteiger partial charge in [0.25, 0.3) is 0 Å². The first-order valence-corrected chi connectivity index (χ1v) is 6.17. The number of benzene rings is 1. The van der Waals surface area contributed by atoms with Crippen LogP contribution in [-0.4, -0.2) is 12.7 Å². The summed E-state index contributed by atoms with van der Waals surface area (Å²) in [7, 11) is 0. The van der Waals surface area contributed by atoms with Gasteiger partial charge in [0.05, 0.1) is 12.1 Å². The zero-order valence-corrected chi connectivity index (χ0v) is 11.2. The predicted molar refractivity (Wildman–Crippen MR) is 68.6 cm³/mol. The summed E-state index contributed by atoms with van der Waals surface area (Å²) in [5.74, 6) is -0.157. The van der Waals surface area contributed by atoms with Crippen LogP contribution >= 0.6 is 11.6 Å². The maximum Gasteiger partial charge on any atom is 0.129 e. The predicted octanol–water partition coefficient (Wildman–Crippen LogP) is 3.54. The normalized spacial score (nSPS) is 15.0. The van der Waals surface area contributed by atoms with Gasteiger partial charge in [-0.15, -0.1) is 0 Å². The van der Waals surface area contributed by atoms with Crippen LogP contribution in [0.1, 0.15) is 32.4 Å². The van der Waals surface area contributed by atoms with Crippen LogP contribution in [0, 0.1) is 11.7 Å². The molecule has 0 saturated heterocycles. The Labute approximate surface area is 107 Å². The third-order valence-electron chi connectivity index (χ3n) is 2.69. The molecule has 4 heteroatoms. The van der Waals surface area contributed by atoms with Crippen molar-refractivity contribution >= 4 is 11.6 Å². The van der Waals surface area contributed by atoms with E-state index in [1.165, 1.54) is 6.07 Å². The summed E-state index contributed by atoms with van der Waals surface area (Å²) in [5, 5.41) is 0.371. The Hall–Kier alpha value is -0.640. The van der Waals surface area contributed by atoms with Gasteiger partial charge in [-0.1, -0.05) is 31.5 Å². The number of halogens is 2. The fourth-order valence-corrected chi connectivity index (χ4v) is 2.01. The molecule has 0 aliphatic carbocycles. The Bertz CT molecular complexity index is 370. The summed E-state index contributed by atoms with van der Waals surface area (Å²) in [5.41, 5.74) is 6.51. The first-order chi connectivity index (χ1) is 7.97. The lowest BCUT2D eigenvalue weighted by molar-refractivity contribution is 0.0114. The van der Waals surface area contributed by atoms with Gasteiger partial charge in [-0.3, -0.25) is 0 Å². The molecule has 2 unspecified atom stereocenters. The Morgan fingerprint density at radius 3 is 2.53 bits per heavy atom. The molecular formula is C13H19ClFNO. The van der Waals surface area contributed by atoms with Gasteiger partial charge in [-0.25, -0.2) is 4.39 Å². The Morgan fingerprint density at radius 1 is 1.41 bits per heavy atom. The van der Waals surface area contributed by atoms with Crippen molar-refractivity contribution in [1.82, 2.24) is 0 Å². The standard InChI is InChI=1S/C13H19ClFNO/c1-4-17-13(8(2)3)12(16)10-6-5-9(14)7-11(10)15/h5-8,12-13H,4,16H2,1-3H3. The molecule has 0 aliphatic heterocycles. The maximum absolute atomic E-state index is 13.7. The fourth-order valence-electron chi connectivity index (χ4n) is 1.85. The minimum Gasteiger partial charge on any atom is -0.376 e. The lowest BCUT2D eigenvalue weighted by Gasteiger charge is -2.27. The van der Waals surface area contributed by atoms with Gasteiger partial charge in [0.1, 0.15) is 5.82 Å². The molecule has 0 heterocycles. The van der Waals surface area contributed by atoms with E-state index in [1.54, 1.807) is 12.1 Å². The SMILES string of the molecule is CCOC(C(C)C)C(N)c1ccc(Cl)cc1F. The number of rotatable bonds is 5. The highest BCUT2D eigenvalue weighted by atomic mass is 35.5. The molecule has 1 aromatic rings. The van der Waals surface area contributed by atoms with Crippen LogP contribution in [-0.2, 0) is 4.74 Å². The van der Waals surface area contributed by atoms with Crippen LogP contribution in [0.5, 0.6) is 0 Å². The van der Waals surface area contributed by atoms with E-state index in [9.17, 15) is 4.39 Å². The van der Waals surface area contributed by atoms with E-state index >= 15 is 0 Å². The first-order valence-electron chi connectivity index (χ1n) is 5.79. The lowest BCUT2D eigenvalue weighted by Crippen LogP contribution is -2.34. The number of hydrogen-bond donors (Lipinski definition) is 1. The van der Waals surface area contributed by atoms with E-state index in [0.717, 1.165) is 0 Å². The second kappa shape index (κ2) is 6.34. The average molecular weight is 260 g/mol. The highest BCUT2D eigenvalue weighted by molar-refractivity contribution is 6.30. The average Bonchev–Trinajstić information content (AvgIpc) is 2.24. The largest absolute Gasteiger partial charge is 0.376 e. The third-order valence-corrected chi connectivity index (χ3v) is 2.93. The number of nitrogens with two attached hydrogens (primary N) is 1. The molecule has 0 aliphatic rings. The summed E-state index contributed by atoms with van der Waals surface area (Å²) in [6.07, 6.45) is -0.198. The molecule has 0 fully saturated rings. The van der Waals surface area contributed by atoms with Crippen molar-refractivity contribution in [3.8, 4) is 0 Å². The zero-order chi connectivity index (χ0) is 13.0. The smallest absolute Gasteiger partial charge is 0.129 e. The van der Waals surface area contributed by atoms with Crippen LogP contribution in [0.3, 0.4) is 0 Å².